The van der Waals surface area contributed by atoms with E-state index >= 15 is 0 Å². The number of aliphatic hydroxyl groups excluding tert-OH is 2. The van der Waals surface area contributed by atoms with E-state index < -0.39 is 17.7 Å². The van der Waals surface area contributed by atoms with Gasteiger partial charge in [-0.25, -0.2) is 0 Å². The molecule has 168 valence electrons. The molecule has 1 saturated heterocycles. The minimum absolute atomic E-state index is 0.0343. The number of carbonyl (C=O) groups excluding carboxylic acids is 2. The van der Waals surface area contributed by atoms with Gasteiger partial charge in [-0.05, 0) is 42.0 Å². The molecule has 1 aliphatic rings. The Bertz CT molecular complexity index is 996. The van der Waals surface area contributed by atoms with Crippen molar-refractivity contribution in [3.05, 3.63) is 77.9 Å². The Hall–Kier alpha value is -3.62. The van der Waals surface area contributed by atoms with Crippen LogP contribution in [0.5, 0.6) is 11.5 Å². The summed E-state index contributed by atoms with van der Waals surface area (Å²) in [6.07, 6.45) is 1.61. The number of phenolic OH excluding ortho intramolecular Hbond substituents is 1. The summed E-state index contributed by atoms with van der Waals surface area (Å²) in [5, 5.41) is 29.5. The van der Waals surface area contributed by atoms with E-state index in [9.17, 15) is 19.8 Å². The molecule has 32 heavy (non-hydrogen) atoms. The Morgan fingerprint density at radius 3 is 2.38 bits per heavy atom. The van der Waals surface area contributed by atoms with E-state index in [2.05, 4.69) is 6.58 Å². The first-order chi connectivity index (χ1) is 15.5. The van der Waals surface area contributed by atoms with E-state index in [-0.39, 0.29) is 43.4 Å². The predicted molar refractivity (Wildman–Crippen MR) is 117 cm³/mol. The first kappa shape index (κ1) is 23.1. The van der Waals surface area contributed by atoms with Gasteiger partial charge in [-0.2, -0.15) is 0 Å². The molecule has 2 aromatic carbocycles. The molecule has 1 fully saturated rings. The van der Waals surface area contributed by atoms with Crippen LogP contribution in [-0.4, -0.2) is 64.9 Å². The molecule has 3 N–H and O–H groups in total. The third kappa shape index (κ3) is 4.99. The number of Topliss-reactive ketones (excluding diaryl/α,β-unsaturated/α-hetero) is 1. The van der Waals surface area contributed by atoms with E-state index in [0.717, 1.165) is 0 Å². The lowest BCUT2D eigenvalue weighted by Gasteiger charge is -2.25. The van der Waals surface area contributed by atoms with Gasteiger partial charge >= 0.3 is 0 Å². The van der Waals surface area contributed by atoms with Crippen molar-refractivity contribution in [1.29, 1.82) is 0 Å². The molecule has 1 unspecified atom stereocenters. The maximum absolute atomic E-state index is 12.9. The molecule has 1 atom stereocenters. The third-order valence-corrected chi connectivity index (χ3v) is 4.96. The van der Waals surface area contributed by atoms with Gasteiger partial charge < -0.3 is 29.7 Å². The SMILES string of the molecule is C=CCOc1ccc(C(O)=C2C(=O)C(=O)N(CCOCCO)C2c2ccc(O)cc2)cc1. The van der Waals surface area contributed by atoms with E-state index in [4.69, 9.17) is 14.6 Å². The molecular weight excluding hydrogens is 414 g/mol. The lowest BCUT2D eigenvalue weighted by molar-refractivity contribution is -0.140. The van der Waals surface area contributed by atoms with Gasteiger partial charge in [0.15, 0.2) is 0 Å². The Morgan fingerprint density at radius 1 is 1.06 bits per heavy atom. The van der Waals surface area contributed by atoms with Crippen LogP contribution in [0.2, 0.25) is 0 Å². The second-order valence-electron chi connectivity index (χ2n) is 7.04. The fraction of sp³-hybridized carbons (Fsp3) is 0.250. The van der Waals surface area contributed by atoms with Crippen LogP contribution in [0.4, 0.5) is 0 Å². The standard InChI is InChI=1S/C24H25NO7/c1-2-13-32-19-9-5-17(6-10-19)22(28)20-21(16-3-7-18(27)8-4-16)25(24(30)23(20)29)11-14-31-15-12-26/h2-10,21,26-28H,1,11-15H2. The summed E-state index contributed by atoms with van der Waals surface area (Å²) >= 11 is 0. The maximum Gasteiger partial charge on any atom is 0.295 e. The van der Waals surface area contributed by atoms with Gasteiger partial charge in [-0.3, -0.25) is 9.59 Å². The number of phenols is 1. The van der Waals surface area contributed by atoms with Crippen molar-refractivity contribution in [3.8, 4) is 11.5 Å². The van der Waals surface area contributed by atoms with Gasteiger partial charge in [0, 0.05) is 12.1 Å². The van der Waals surface area contributed by atoms with Crippen LogP contribution >= 0.6 is 0 Å². The molecule has 1 amide bonds. The van der Waals surface area contributed by atoms with Crippen molar-refractivity contribution in [2.45, 2.75) is 6.04 Å². The van der Waals surface area contributed by atoms with Crippen LogP contribution in [0.25, 0.3) is 5.76 Å². The summed E-state index contributed by atoms with van der Waals surface area (Å²) in [6.45, 7) is 4.05. The molecule has 2 aromatic rings. The molecule has 0 radical (unpaired) electrons. The number of rotatable bonds is 10. The Balaban J connectivity index is 2.00. The van der Waals surface area contributed by atoms with E-state index in [0.29, 0.717) is 23.5 Å². The fourth-order valence-corrected chi connectivity index (χ4v) is 3.46. The largest absolute Gasteiger partial charge is 0.508 e. The molecule has 0 aliphatic carbocycles. The van der Waals surface area contributed by atoms with Crippen molar-refractivity contribution in [1.82, 2.24) is 4.90 Å². The van der Waals surface area contributed by atoms with Gasteiger partial charge in [0.1, 0.15) is 23.9 Å². The van der Waals surface area contributed by atoms with Crippen LogP contribution in [0, 0.1) is 0 Å². The van der Waals surface area contributed by atoms with Crippen LogP contribution < -0.4 is 4.74 Å². The Labute approximate surface area is 185 Å². The zero-order valence-corrected chi connectivity index (χ0v) is 17.4. The molecule has 0 aromatic heterocycles. The quantitative estimate of drug-likeness (QED) is 0.171. The number of aromatic hydroxyl groups is 1. The van der Waals surface area contributed by atoms with Crippen molar-refractivity contribution >= 4 is 17.4 Å². The number of benzene rings is 2. The molecule has 0 bridgehead atoms. The zero-order chi connectivity index (χ0) is 23.1. The highest BCUT2D eigenvalue weighted by atomic mass is 16.5. The maximum atomic E-state index is 12.9. The first-order valence-electron chi connectivity index (χ1n) is 10.1. The van der Waals surface area contributed by atoms with Crippen molar-refractivity contribution in [2.75, 3.05) is 33.0 Å². The average Bonchev–Trinajstić information content (AvgIpc) is 3.06. The lowest BCUT2D eigenvalue weighted by Crippen LogP contribution is -2.33. The highest BCUT2D eigenvalue weighted by Crippen LogP contribution is 2.39. The number of ketones is 1. The van der Waals surface area contributed by atoms with Crippen molar-refractivity contribution in [3.63, 3.8) is 0 Å². The number of likely N-dealkylation sites (tertiary alicyclic amines) is 1. The van der Waals surface area contributed by atoms with Crippen molar-refractivity contribution in [2.24, 2.45) is 0 Å². The summed E-state index contributed by atoms with van der Waals surface area (Å²) in [5.41, 5.74) is 0.855. The van der Waals surface area contributed by atoms with Gasteiger partial charge in [-0.1, -0.05) is 24.8 Å². The Morgan fingerprint density at radius 2 is 1.75 bits per heavy atom. The lowest BCUT2D eigenvalue weighted by atomic mass is 9.95. The van der Waals surface area contributed by atoms with Gasteiger partial charge in [0.2, 0.25) is 0 Å². The van der Waals surface area contributed by atoms with E-state index in [1.807, 2.05) is 0 Å². The number of aliphatic hydroxyl groups is 2. The van der Waals surface area contributed by atoms with E-state index in [1.165, 1.54) is 17.0 Å². The minimum atomic E-state index is -0.856. The van der Waals surface area contributed by atoms with Gasteiger partial charge in [0.25, 0.3) is 11.7 Å². The summed E-state index contributed by atoms with van der Waals surface area (Å²) in [6, 6.07) is 11.7. The van der Waals surface area contributed by atoms with Crippen LogP contribution in [0.1, 0.15) is 17.2 Å². The minimum Gasteiger partial charge on any atom is -0.508 e. The third-order valence-electron chi connectivity index (χ3n) is 4.96. The molecule has 1 aliphatic heterocycles. The second kappa shape index (κ2) is 10.6. The number of hydrogen-bond donors (Lipinski definition) is 3. The zero-order valence-electron chi connectivity index (χ0n) is 17.4. The molecule has 0 spiro atoms. The highest BCUT2D eigenvalue weighted by Gasteiger charge is 2.45. The number of carbonyl (C=O) groups is 2. The number of hydrogen-bond acceptors (Lipinski definition) is 7. The van der Waals surface area contributed by atoms with Crippen LogP contribution in [0.3, 0.4) is 0 Å². The molecule has 3 rings (SSSR count). The van der Waals surface area contributed by atoms with Crippen LogP contribution in [0.15, 0.2) is 66.8 Å². The van der Waals surface area contributed by atoms with Gasteiger partial charge in [-0.15, -0.1) is 0 Å². The Kier molecular flexibility index (Phi) is 7.64. The smallest absolute Gasteiger partial charge is 0.295 e. The first-order valence-corrected chi connectivity index (χ1v) is 10.1. The monoisotopic (exact) mass is 439 g/mol. The molecule has 1 heterocycles. The number of ether oxygens (including phenoxy) is 2. The number of amides is 1. The summed E-state index contributed by atoms with van der Waals surface area (Å²) in [4.78, 5) is 27.0. The second-order valence-corrected chi connectivity index (χ2v) is 7.04. The molecule has 8 heteroatoms. The summed E-state index contributed by atoms with van der Waals surface area (Å²) in [7, 11) is 0. The fourth-order valence-electron chi connectivity index (χ4n) is 3.46. The predicted octanol–water partition coefficient (Wildman–Crippen LogP) is 2.39. The number of nitrogens with zero attached hydrogens (tertiary/aromatic N) is 1. The normalized spacial score (nSPS) is 17.5. The van der Waals surface area contributed by atoms with Gasteiger partial charge in [0.05, 0.1) is 31.4 Å². The molecule has 0 saturated carbocycles. The molecular formula is C24H25NO7. The highest BCUT2D eigenvalue weighted by molar-refractivity contribution is 6.46. The molecule has 8 nitrogen and oxygen atoms in total. The summed E-state index contributed by atoms with van der Waals surface area (Å²) < 4.78 is 10.7. The van der Waals surface area contributed by atoms with E-state index in [1.54, 1.807) is 42.5 Å². The van der Waals surface area contributed by atoms with Crippen LogP contribution in [-0.2, 0) is 14.3 Å². The summed E-state index contributed by atoms with van der Waals surface area (Å²) in [5.74, 6) is -1.28. The average molecular weight is 439 g/mol. The topological polar surface area (TPSA) is 117 Å². The van der Waals surface area contributed by atoms with Crippen molar-refractivity contribution < 1.29 is 34.4 Å².